The van der Waals surface area contributed by atoms with Crippen molar-refractivity contribution in [3.05, 3.63) is 78.6 Å². The second-order valence-corrected chi connectivity index (χ2v) is 8.51. The lowest BCUT2D eigenvalue weighted by Gasteiger charge is -1.99. The first-order valence-electron chi connectivity index (χ1n) is 5.76. The molecule has 96 valence electrons. The Labute approximate surface area is 134 Å². The van der Waals surface area contributed by atoms with Crippen LogP contribution in [0.4, 0.5) is 0 Å². The third-order valence-corrected chi connectivity index (χ3v) is 6.81. The van der Waals surface area contributed by atoms with Crippen molar-refractivity contribution >= 4 is 11.3 Å². The summed E-state index contributed by atoms with van der Waals surface area (Å²) in [6.45, 7) is 0. The van der Waals surface area contributed by atoms with Crippen LogP contribution < -0.4 is 33.6 Å². The highest BCUT2D eigenvalue weighted by atomic mass is 127. The molecule has 0 amide bonds. The predicted octanol–water partition coefficient (Wildman–Crippen LogP) is -1.45. The van der Waals surface area contributed by atoms with E-state index in [2.05, 4.69) is 72.1 Å². The normalized spacial score (nSPS) is 9.89. The zero-order chi connectivity index (χ0) is 12.2. The fourth-order valence-electron chi connectivity index (χ4n) is 1.76. The smallest absolute Gasteiger partial charge is 0.369 e. The Bertz CT molecular complexity index is 603. The average molecular weight is 399 g/mol. The van der Waals surface area contributed by atoms with Crippen LogP contribution in [0.1, 0.15) is 0 Å². The summed E-state index contributed by atoms with van der Waals surface area (Å²) in [5.74, 6) is 0. The lowest BCUT2D eigenvalue weighted by Crippen LogP contribution is -3.61. The van der Waals surface area contributed by atoms with Gasteiger partial charge in [0.15, 0.2) is 3.57 Å². The Balaban J connectivity index is 0.00000133. The van der Waals surface area contributed by atoms with Crippen molar-refractivity contribution in [1.82, 2.24) is 0 Å². The first-order chi connectivity index (χ1) is 8.92. The quantitative estimate of drug-likeness (QED) is 0.474. The molecular weight excluding hydrogens is 387 g/mol. The van der Waals surface area contributed by atoms with E-state index >= 15 is 0 Å². The average Bonchev–Trinajstić information content (AvgIpc) is 2.94. The summed E-state index contributed by atoms with van der Waals surface area (Å²) in [6, 6.07) is 23.9. The minimum Gasteiger partial charge on any atom is -1.00 e. The zero-order valence-electron chi connectivity index (χ0n) is 10.1. The van der Waals surface area contributed by atoms with Crippen LogP contribution in [0.15, 0.2) is 72.1 Å². The van der Waals surface area contributed by atoms with E-state index in [4.69, 9.17) is 0 Å². The van der Waals surface area contributed by atoms with Gasteiger partial charge in [-0.1, -0.05) is 41.7 Å². The minimum absolute atomic E-state index is 0. The topological polar surface area (TPSA) is 0 Å². The molecule has 3 aromatic rings. The summed E-state index contributed by atoms with van der Waals surface area (Å²) in [5, 5.41) is 2.16. The summed E-state index contributed by atoms with van der Waals surface area (Å²) in [5.41, 5.74) is 2.59. The minimum atomic E-state index is 0. The molecular formula is C16H12ClIS. The summed E-state index contributed by atoms with van der Waals surface area (Å²) >= 11 is 1.87. The van der Waals surface area contributed by atoms with Crippen LogP contribution in [0.2, 0.25) is 0 Å². The molecule has 2 aromatic carbocycles. The Morgan fingerprint density at radius 3 is 2.00 bits per heavy atom. The molecule has 1 heterocycles. The second kappa shape index (κ2) is 7.08. The van der Waals surface area contributed by atoms with Gasteiger partial charge in [0.1, 0.15) is 0 Å². The standard InChI is InChI=1S/C16H12IS.ClH/c1-2-5-13(6-3-1)14-8-10-15(11-9-14)17-16-7-4-12-18-16;/h1-12H;1H/q+1;/p-1. The fraction of sp³-hybridized carbons (Fsp3) is 0. The van der Waals surface area contributed by atoms with Crippen molar-refractivity contribution in [2.45, 2.75) is 0 Å². The molecule has 0 spiro atoms. The Morgan fingerprint density at radius 1 is 0.684 bits per heavy atom. The van der Waals surface area contributed by atoms with Gasteiger partial charge in [-0.3, -0.25) is 0 Å². The molecule has 0 nitrogen and oxygen atoms in total. The van der Waals surface area contributed by atoms with Crippen LogP contribution in [0, 0.1) is 6.45 Å². The Kier molecular flexibility index (Phi) is 5.43. The lowest BCUT2D eigenvalue weighted by atomic mass is 10.1. The zero-order valence-corrected chi connectivity index (χ0v) is 13.8. The third kappa shape index (κ3) is 3.81. The van der Waals surface area contributed by atoms with Crippen molar-refractivity contribution in [3.8, 4) is 11.1 Å². The number of hydrogen-bond acceptors (Lipinski definition) is 1. The molecule has 0 bridgehead atoms. The molecule has 0 radical (unpaired) electrons. The number of hydrogen-bond donors (Lipinski definition) is 0. The van der Waals surface area contributed by atoms with Crippen molar-refractivity contribution in [2.24, 2.45) is 0 Å². The summed E-state index contributed by atoms with van der Waals surface area (Å²) in [6.07, 6.45) is 0. The van der Waals surface area contributed by atoms with Gasteiger partial charge in [-0.25, -0.2) is 0 Å². The SMILES string of the molecule is [Cl-].c1ccc(-c2ccc([I+]c3cccs3)cc2)cc1. The molecule has 0 unspecified atom stereocenters. The van der Waals surface area contributed by atoms with Crippen molar-refractivity contribution in [3.63, 3.8) is 0 Å². The molecule has 3 heteroatoms. The van der Waals surface area contributed by atoms with Gasteiger partial charge in [0.25, 0.3) is 0 Å². The van der Waals surface area contributed by atoms with Gasteiger partial charge in [0, 0.05) is 6.07 Å². The first kappa shape index (κ1) is 14.6. The fourth-order valence-corrected chi connectivity index (χ4v) is 5.38. The summed E-state index contributed by atoms with van der Waals surface area (Å²) < 4.78 is 3.01. The van der Waals surface area contributed by atoms with Gasteiger partial charge in [-0.2, -0.15) is 0 Å². The largest absolute Gasteiger partial charge is 1.00 e. The molecule has 0 fully saturated rings. The maximum atomic E-state index is 2.27. The van der Waals surface area contributed by atoms with Gasteiger partial charge in [0.05, 0.1) is 0 Å². The molecule has 0 aliphatic heterocycles. The number of halogens is 2. The molecule has 0 aliphatic rings. The molecule has 3 rings (SSSR count). The van der Waals surface area contributed by atoms with E-state index in [0.29, 0.717) is 0 Å². The molecule has 0 N–H and O–H groups in total. The van der Waals surface area contributed by atoms with Crippen LogP contribution >= 0.6 is 11.3 Å². The van der Waals surface area contributed by atoms with Crippen molar-refractivity contribution in [2.75, 3.05) is 0 Å². The van der Waals surface area contributed by atoms with Gasteiger partial charge >= 0.3 is 21.2 Å². The van der Waals surface area contributed by atoms with Crippen LogP contribution in [0.25, 0.3) is 11.1 Å². The van der Waals surface area contributed by atoms with E-state index in [9.17, 15) is 0 Å². The van der Waals surface area contributed by atoms with Crippen LogP contribution in [-0.4, -0.2) is 0 Å². The summed E-state index contributed by atoms with van der Waals surface area (Å²) in [4.78, 5) is 0. The number of thiophene rings is 1. The van der Waals surface area contributed by atoms with Gasteiger partial charge in [-0.05, 0) is 46.8 Å². The van der Waals surface area contributed by atoms with E-state index in [1.165, 1.54) is 17.6 Å². The number of benzene rings is 2. The molecule has 0 saturated heterocycles. The van der Waals surface area contributed by atoms with Gasteiger partial charge in [0.2, 0.25) is 2.88 Å². The van der Waals surface area contributed by atoms with Crippen LogP contribution in [0.3, 0.4) is 0 Å². The maximum absolute atomic E-state index is 2.27. The first-order valence-corrected chi connectivity index (χ1v) is 8.79. The summed E-state index contributed by atoms with van der Waals surface area (Å²) in [7, 11) is 0. The molecule has 0 aliphatic carbocycles. The molecule has 19 heavy (non-hydrogen) atoms. The lowest BCUT2D eigenvalue weighted by molar-refractivity contribution is -0.591. The van der Waals surface area contributed by atoms with E-state index < -0.39 is 0 Å². The molecule has 0 atom stereocenters. The van der Waals surface area contributed by atoms with E-state index in [0.717, 1.165) is 0 Å². The highest BCUT2D eigenvalue weighted by Crippen LogP contribution is 2.17. The number of rotatable bonds is 3. The van der Waals surface area contributed by atoms with Crippen molar-refractivity contribution < 1.29 is 33.6 Å². The van der Waals surface area contributed by atoms with E-state index in [-0.39, 0.29) is 33.6 Å². The Hall–Kier alpha value is -0.840. The predicted molar refractivity (Wildman–Crippen MR) is 73.6 cm³/mol. The van der Waals surface area contributed by atoms with Crippen molar-refractivity contribution in [1.29, 1.82) is 0 Å². The second-order valence-electron chi connectivity index (χ2n) is 3.88. The van der Waals surface area contributed by atoms with E-state index in [1.54, 1.807) is 0 Å². The molecule has 0 saturated carbocycles. The van der Waals surface area contributed by atoms with Crippen LogP contribution in [-0.2, 0) is 0 Å². The molecule has 1 aromatic heterocycles. The maximum Gasteiger partial charge on any atom is 0.369 e. The van der Waals surface area contributed by atoms with Crippen LogP contribution in [0.5, 0.6) is 0 Å². The van der Waals surface area contributed by atoms with E-state index in [1.807, 2.05) is 11.3 Å². The Morgan fingerprint density at radius 2 is 1.37 bits per heavy atom. The third-order valence-electron chi connectivity index (χ3n) is 2.64. The highest BCUT2D eigenvalue weighted by molar-refractivity contribution is 7.07. The highest BCUT2D eigenvalue weighted by Gasteiger charge is 2.15. The monoisotopic (exact) mass is 398 g/mol. The van der Waals surface area contributed by atoms with Gasteiger partial charge < -0.3 is 12.4 Å². The van der Waals surface area contributed by atoms with Gasteiger partial charge in [-0.15, -0.1) is 0 Å².